The van der Waals surface area contributed by atoms with E-state index >= 15 is 0 Å². The van der Waals surface area contributed by atoms with Gasteiger partial charge in [-0.3, -0.25) is 14.5 Å². The molecule has 0 aromatic heterocycles. The van der Waals surface area contributed by atoms with Crippen molar-refractivity contribution in [3.05, 3.63) is 95.1 Å². The highest BCUT2D eigenvalue weighted by atomic mass is 32.2. The van der Waals surface area contributed by atoms with Crippen LogP contribution in [0.2, 0.25) is 0 Å². The van der Waals surface area contributed by atoms with Crippen molar-refractivity contribution < 1.29 is 9.59 Å². The van der Waals surface area contributed by atoms with Gasteiger partial charge in [0.15, 0.2) is 0 Å². The first-order valence-corrected chi connectivity index (χ1v) is 11.0. The van der Waals surface area contributed by atoms with Gasteiger partial charge in [0.25, 0.3) is 5.91 Å². The van der Waals surface area contributed by atoms with Gasteiger partial charge in [-0.1, -0.05) is 54.6 Å². The van der Waals surface area contributed by atoms with Crippen LogP contribution in [0.25, 0.3) is 0 Å². The second-order valence-electron chi connectivity index (χ2n) is 7.90. The highest BCUT2D eigenvalue weighted by molar-refractivity contribution is 8.02. The molecule has 1 spiro atoms. The molecule has 1 fully saturated rings. The van der Waals surface area contributed by atoms with E-state index in [1.165, 1.54) is 11.8 Å². The summed E-state index contributed by atoms with van der Waals surface area (Å²) in [5.41, 5.74) is 5.76. The number of para-hydroxylation sites is 1. The maximum Gasteiger partial charge on any atom is 0.269 e. The number of hydrogen-bond acceptors (Lipinski definition) is 3. The third-order valence-corrected chi connectivity index (χ3v) is 7.10. The summed E-state index contributed by atoms with van der Waals surface area (Å²) < 4.78 is 0. The molecule has 5 rings (SSSR count). The van der Waals surface area contributed by atoms with Crippen LogP contribution in [0.15, 0.2) is 72.8 Å². The minimum atomic E-state index is -1.05. The van der Waals surface area contributed by atoms with E-state index in [4.69, 9.17) is 0 Å². The molecule has 3 aromatic rings. The van der Waals surface area contributed by atoms with Crippen LogP contribution in [0.5, 0.6) is 0 Å². The van der Waals surface area contributed by atoms with Gasteiger partial charge in [-0.2, -0.15) is 0 Å². The summed E-state index contributed by atoms with van der Waals surface area (Å²) in [7, 11) is 0. The molecule has 150 valence electrons. The lowest BCUT2D eigenvalue weighted by atomic mass is 10.0. The van der Waals surface area contributed by atoms with Crippen LogP contribution in [0, 0.1) is 13.8 Å². The van der Waals surface area contributed by atoms with Crippen LogP contribution < -0.4 is 9.80 Å². The molecule has 3 aromatic carbocycles. The van der Waals surface area contributed by atoms with Crippen molar-refractivity contribution in [3.8, 4) is 0 Å². The normalized spacial score (nSPS) is 20.3. The van der Waals surface area contributed by atoms with Crippen LogP contribution >= 0.6 is 11.8 Å². The van der Waals surface area contributed by atoms with Crippen LogP contribution in [-0.2, 0) is 21.0 Å². The fourth-order valence-corrected chi connectivity index (χ4v) is 5.92. The van der Waals surface area contributed by atoms with Crippen molar-refractivity contribution in [3.63, 3.8) is 0 Å². The van der Waals surface area contributed by atoms with Gasteiger partial charge in [0.2, 0.25) is 10.8 Å². The predicted octanol–water partition coefficient (Wildman–Crippen LogP) is 4.78. The molecule has 2 heterocycles. The Morgan fingerprint density at radius 1 is 0.900 bits per heavy atom. The lowest BCUT2D eigenvalue weighted by Gasteiger charge is -2.33. The van der Waals surface area contributed by atoms with E-state index in [0.29, 0.717) is 6.54 Å². The maximum atomic E-state index is 14.0. The zero-order valence-corrected chi connectivity index (χ0v) is 17.8. The van der Waals surface area contributed by atoms with Gasteiger partial charge in [-0.05, 0) is 48.7 Å². The van der Waals surface area contributed by atoms with E-state index in [0.717, 1.165) is 33.6 Å². The molecular formula is C25H22N2O2S. The van der Waals surface area contributed by atoms with Gasteiger partial charge in [-0.15, -0.1) is 11.8 Å². The van der Waals surface area contributed by atoms with Gasteiger partial charge in [0, 0.05) is 11.3 Å². The van der Waals surface area contributed by atoms with Gasteiger partial charge < -0.3 is 4.90 Å². The fourth-order valence-electron chi connectivity index (χ4n) is 4.56. The van der Waals surface area contributed by atoms with E-state index in [1.54, 1.807) is 4.90 Å². The van der Waals surface area contributed by atoms with Gasteiger partial charge >= 0.3 is 0 Å². The van der Waals surface area contributed by atoms with E-state index in [1.807, 2.05) is 85.5 Å². The standard InChI is InChI=1S/C25H22N2O2S/c1-17-12-18(2)14-20(13-17)27-23(28)16-30-25(27)21-10-6-7-11-22(21)26(24(25)29)15-19-8-4-3-5-9-19/h3-14H,15-16H2,1-2H3. The topological polar surface area (TPSA) is 40.6 Å². The largest absolute Gasteiger partial charge is 0.304 e. The van der Waals surface area contributed by atoms with E-state index < -0.39 is 4.87 Å². The zero-order chi connectivity index (χ0) is 20.9. The van der Waals surface area contributed by atoms with Gasteiger partial charge in [-0.25, -0.2) is 0 Å². The summed E-state index contributed by atoms with van der Waals surface area (Å²) in [5, 5.41) is 0. The smallest absolute Gasteiger partial charge is 0.269 e. The number of rotatable bonds is 3. The number of thioether (sulfide) groups is 1. The van der Waals surface area contributed by atoms with Crippen molar-refractivity contribution >= 4 is 35.0 Å². The first-order chi connectivity index (χ1) is 14.5. The Labute approximate surface area is 180 Å². The molecule has 2 aliphatic rings. The van der Waals surface area contributed by atoms with Crippen molar-refractivity contribution in [1.29, 1.82) is 0 Å². The molecule has 2 aliphatic heterocycles. The zero-order valence-electron chi connectivity index (χ0n) is 17.0. The van der Waals surface area contributed by atoms with Crippen LogP contribution in [0.4, 0.5) is 11.4 Å². The van der Waals surface area contributed by atoms with E-state index in [9.17, 15) is 9.59 Å². The Morgan fingerprint density at radius 3 is 2.30 bits per heavy atom. The molecule has 4 nitrogen and oxygen atoms in total. The molecule has 1 unspecified atom stereocenters. The molecule has 0 radical (unpaired) electrons. The summed E-state index contributed by atoms with van der Waals surface area (Å²) in [6.07, 6.45) is 0. The van der Waals surface area contributed by atoms with Gasteiger partial charge in [0.1, 0.15) is 0 Å². The summed E-state index contributed by atoms with van der Waals surface area (Å²) >= 11 is 1.43. The third-order valence-electron chi connectivity index (χ3n) is 5.71. The first kappa shape index (κ1) is 18.9. The lowest BCUT2D eigenvalue weighted by Crippen LogP contribution is -2.49. The molecule has 2 amide bonds. The Morgan fingerprint density at radius 2 is 1.57 bits per heavy atom. The number of fused-ring (bicyclic) bond motifs is 2. The molecule has 0 saturated carbocycles. The van der Waals surface area contributed by atoms with Crippen LogP contribution in [-0.4, -0.2) is 17.6 Å². The SMILES string of the molecule is Cc1cc(C)cc(N2C(=O)CSC23C(=O)N(Cc2ccccc2)c2ccccc23)c1. The lowest BCUT2D eigenvalue weighted by molar-refractivity contribution is -0.123. The van der Waals surface area contributed by atoms with Crippen LogP contribution in [0.1, 0.15) is 22.3 Å². The molecule has 1 atom stereocenters. The fraction of sp³-hybridized carbons (Fsp3) is 0.200. The molecule has 1 saturated heterocycles. The number of carbonyl (C=O) groups excluding carboxylic acids is 2. The van der Waals surface area contributed by atoms with Crippen molar-refractivity contribution in [2.24, 2.45) is 0 Å². The monoisotopic (exact) mass is 414 g/mol. The quantitative estimate of drug-likeness (QED) is 0.619. The number of aryl methyl sites for hydroxylation is 2. The molecule has 5 heteroatoms. The highest BCUT2D eigenvalue weighted by Crippen LogP contribution is 2.56. The summed E-state index contributed by atoms with van der Waals surface area (Å²) in [6, 6.07) is 23.9. The number of amides is 2. The number of carbonyl (C=O) groups is 2. The number of nitrogens with zero attached hydrogens (tertiary/aromatic N) is 2. The number of anilines is 2. The third kappa shape index (κ3) is 2.76. The van der Waals surface area contributed by atoms with Crippen molar-refractivity contribution in [2.75, 3.05) is 15.6 Å². The van der Waals surface area contributed by atoms with E-state index in [2.05, 4.69) is 6.07 Å². The Hall–Kier alpha value is -3.05. The molecule has 0 aliphatic carbocycles. The molecule has 0 bridgehead atoms. The van der Waals surface area contributed by atoms with Crippen molar-refractivity contribution in [2.45, 2.75) is 25.3 Å². The average molecular weight is 415 g/mol. The molecule has 30 heavy (non-hydrogen) atoms. The molecule has 0 N–H and O–H groups in total. The van der Waals surface area contributed by atoms with E-state index in [-0.39, 0.29) is 17.6 Å². The number of benzene rings is 3. The average Bonchev–Trinajstić information content (AvgIpc) is 3.19. The minimum absolute atomic E-state index is 0.0327. The Balaban J connectivity index is 1.67. The number of hydrogen-bond donors (Lipinski definition) is 0. The maximum absolute atomic E-state index is 14.0. The minimum Gasteiger partial charge on any atom is -0.304 e. The Kier molecular flexibility index (Phi) is 4.44. The predicted molar refractivity (Wildman–Crippen MR) is 122 cm³/mol. The summed E-state index contributed by atoms with van der Waals surface area (Å²) in [6.45, 7) is 4.51. The second-order valence-corrected chi connectivity index (χ2v) is 9.07. The van der Waals surface area contributed by atoms with Crippen molar-refractivity contribution in [1.82, 2.24) is 0 Å². The summed E-state index contributed by atoms with van der Waals surface area (Å²) in [4.78, 5) is 29.6. The van der Waals surface area contributed by atoms with Crippen LogP contribution in [0.3, 0.4) is 0 Å². The van der Waals surface area contributed by atoms with Gasteiger partial charge in [0.05, 0.1) is 18.0 Å². The first-order valence-electron chi connectivity index (χ1n) is 10.0. The Bertz CT molecular complexity index is 1140. The molecular weight excluding hydrogens is 392 g/mol. The highest BCUT2D eigenvalue weighted by Gasteiger charge is 2.60. The second kappa shape index (κ2) is 7.03. The summed E-state index contributed by atoms with van der Waals surface area (Å²) in [5.74, 6) is 0.198.